The van der Waals surface area contributed by atoms with Gasteiger partial charge in [-0.15, -0.1) is 0 Å². The Kier molecular flexibility index (Phi) is 7.60. The summed E-state index contributed by atoms with van der Waals surface area (Å²) in [5, 5.41) is 0. The Bertz CT molecular complexity index is 932. The van der Waals surface area contributed by atoms with Crippen molar-refractivity contribution in [1.29, 1.82) is 0 Å². The Morgan fingerprint density at radius 3 is 2.44 bits per heavy atom. The summed E-state index contributed by atoms with van der Waals surface area (Å²) in [5.74, 6) is 0.438. The summed E-state index contributed by atoms with van der Waals surface area (Å²) < 4.78 is 7.20. The number of piperidine rings is 2. The molecule has 7 heteroatoms. The van der Waals surface area contributed by atoms with Crippen LogP contribution in [0.3, 0.4) is 0 Å². The molecule has 0 bridgehead atoms. The van der Waals surface area contributed by atoms with Crippen LogP contribution in [0.15, 0.2) is 53.5 Å². The SMILES string of the molecule is NC(Cn1ccc(OCc2ccccc2)cc1=O)C(=O)N1CCC(N2CCCCC2)CC1. The fourth-order valence-electron chi connectivity index (χ4n) is 4.73. The van der Waals surface area contributed by atoms with Gasteiger partial charge in [0.05, 0.1) is 0 Å². The molecule has 0 spiro atoms. The van der Waals surface area contributed by atoms with E-state index in [1.165, 1.54) is 43.0 Å². The highest BCUT2D eigenvalue weighted by Gasteiger charge is 2.29. The third-order valence-electron chi connectivity index (χ3n) is 6.61. The van der Waals surface area contributed by atoms with Gasteiger partial charge in [-0.1, -0.05) is 36.8 Å². The number of carbonyl (C=O) groups is 1. The molecule has 2 aromatic rings. The molecule has 2 aliphatic rings. The molecule has 1 atom stereocenters. The second-order valence-corrected chi connectivity index (χ2v) is 8.89. The number of benzene rings is 1. The lowest BCUT2D eigenvalue weighted by atomic mass is 9.99. The van der Waals surface area contributed by atoms with Crippen molar-refractivity contribution in [2.75, 3.05) is 26.2 Å². The van der Waals surface area contributed by atoms with Gasteiger partial charge in [0.2, 0.25) is 5.91 Å². The van der Waals surface area contributed by atoms with E-state index in [9.17, 15) is 9.59 Å². The van der Waals surface area contributed by atoms with Crippen LogP contribution >= 0.6 is 0 Å². The van der Waals surface area contributed by atoms with Gasteiger partial charge in [-0.25, -0.2) is 0 Å². The number of rotatable bonds is 7. The van der Waals surface area contributed by atoms with Gasteiger partial charge in [0.15, 0.2) is 0 Å². The number of carbonyl (C=O) groups excluding carboxylic acids is 1. The highest BCUT2D eigenvalue weighted by atomic mass is 16.5. The van der Waals surface area contributed by atoms with Crippen LogP contribution in [0, 0.1) is 0 Å². The third kappa shape index (κ3) is 5.78. The van der Waals surface area contributed by atoms with E-state index < -0.39 is 6.04 Å². The first-order valence-electron chi connectivity index (χ1n) is 11.8. The quantitative estimate of drug-likeness (QED) is 0.717. The highest BCUT2D eigenvalue weighted by molar-refractivity contribution is 5.81. The number of amides is 1. The molecule has 2 aliphatic heterocycles. The van der Waals surface area contributed by atoms with Crippen LogP contribution in [0.1, 0.15) is 37.7 Å². The van der Waals surface area contributed by atoms with E-state index in [2.05, 4.69) is 4.90 Å². The normalized spacial score (nSPS) is 19.0. The van der Waals surface area contributed by atoms with Gasteiger partial charge in [0.1, 0.15) is 18.4 Å². The van der Waals surface area contributed by atoms with Crippen molar-refractivity contribution in [3.05, 3.63) is 64.6 Å². The Hall–Kier alpha value is -2.64. The number of hydrogen-bond acceptors (Lipinski definition) is 5. The lowest BCUT2D eigenvalue weighted by Crippen LogP contribution is -2.53. The molecule has 0 aliphatic carbocycles. The summed E-state index contributed by atoms with van der Waals surface area (Å²) in [6, 6.07) is 12.8. The zero-order valence-electron chi connectivity index (χ0n) is 18.7. The van der Waals surface area contributed by atoms with Gasteiger partial charge in [-0.3, -0.25) is 9.59 Å². The molecule has 32 heavy (non-hydrogen) atoms. The van der Waals surface area contributed by atoms with E-state index in [-0.39, 0.29) is 18.0 Å². The molecule has 2 fully saturated rings. The predicted molar refractivity (Wildman–Crippen MR) is 124 cm³/mol. The van der Waals surface area contributed by atoms with Crippen molar-refractivity contribution >= 4 is 5.91 Å². The number of nitrogens with two attached hydrogens (primary N) is 1. The zero-order chi connectivity index (χ0) is 22.3. The van der Waals surface area contributed by atoms with Crippen LogP contribution in [0.5, 0.6) is 5.75 Å². The number of aromatic nitrogens is 1. The monoisotopic (exact) mass is 438 g/mol. The number of nitrogens with zero attached hydrogens (tertiary/aromatic N) is 3. The van der Waals surface area contributed by atoms with Crippen molar-refractivity contribution in [2.45, 2.75) is 57.3 Å². The predicted octanol–water partition coefficient (Wildman–Crippen LogP) is 2.23. The fraction of sp³-hybridized carbons (Fsp3) is 0.520. The first-order chi connectivity index (χ1) is 15.6. The first-order valence-corrected chi connectivity index (χ1v) is 11.8. The Balaban J connectivity index is 1.27. The van der Waals surface area contributed by atoms with Gasteiger partial charge in [-0.05, 0) is 50.4 Å². The second kappa shape index (κ2) is 10.8. The van der Waals surface area contributed by atoms with Crippen molar-refractivity contribution in [3.8, 4) is 5.75 Å². The standard InChI is InChI=1S/C25H34N4O3/c26-23(25(31)28-14-9-21(10-15-28)27-12-5-2-6-13-27)18-29-16-11-22(17-24(29)30)32-19-20-7-3-1-4-8-20/h1,3-4,7-8,11,16-17,21,23H,2,5-6,9-10,12-15,18-19,26H2. The molecule has 0 radical (unpaired) electrons. The van der Waals surface area contributed by atoms with E-state index in [0.717, 1.165) is 31.5 Å². The van der Waals surface area contributed by atoms with E-state index >= 15 is 0 Å². The number of hydrogen-bond donors (Lipinski definition) is 1. The molecule has 1 amide bonds. The molecule has 4 rings (SSSR count). The average molecular weight is 439 g/mol. The lowest BCUT2D eigenvalue weighted by Gasteiger charge is -2.40. The summed E-state index contributed by atoms with van der Waals surface area (Å²) in [6.45, 7) is 4.43. The average Bonchev–Trinajstić information content (AvgIpc) is 2.85. The summed E-state index contributed by atoms with van der Waals surface area (Å²) in [6.07, 6.45) is 7.57. The van der Waals surface area contributed by atoms with E-state index in [0.29, 0.717) is 18.4 Å². The van der Waals surface area contributed by atoms with Gasteiger partial charge < -0.3 is 24.8 Å². The molecule has 2 saturated heterocycles. The van der Waals surface area contributed by atoms with E-state index in [1.807, 2.05) is 35.2 Å². The van der Waals surface area contributed by atoms with Gasteiger partial charge in [0.25, 0.3) is 5.56 Å². The van der Waals surface area contributed by atoms with Gasteiger partial charge >= 0.3 is 0 Å². The number of pyridine rings is 1. The minimum atomic E-state index is -0.727. The molecule has 172 valence electrons. The lowest BCUT2D eigenvalue weighted by molar-refractivity contribution is -0.134. The smallest absolute Gasteiger partial charge is 0.254 e. The van der Waals surface area contributed by atoms with Gasteiger partial charge in [0, 0.05) is 37.9 Å². The Labute approximate surface area is 189 Å². The van der Waals surface area contributed by atoms with Crippen molar-refractivity contribution in [2.24, 2.45) is 5.73 Å². The van der Waals surface area contributed by atoms with E-state index in [4.69, 9.17) is 10.5 Å². The minimum absolute atomic E-state index is 0.0709. The maximum Gasteiger partial charge on any atom is 0.254 e. The first kappa shape index (κ1) is 22.6. The maximum absolute atomic E-state index is 12.9. The van der Waals surface area contributed by atoms with Crippen LogP contribution in [0.25, 0.3) is 0 Å². The van der Waals surface area contributed by atoms with Crippen LogP contribution in [0.4, 0.5) is 0 Å². The second-order valence-electron chi connectivity index (χ2n) is 8.89. The molecule has 7 nitrogen and oxygen atoms in total. The van der Waals surface area contributed by atoms with Gasteiger partial charge in [-0.2, -0.15) is 0 Å². The summed E-state index contributed by atoms with van der Waals surface area (Å²) in [7, 11) is 0. The molecule has 2 N–H and O–H groups in total. The Morgan fingerprint density at radius 1 is 1.03 bits per heavy atom. The third-order valence-corrected chi connectivity index (χ3v) is 6.61. The molecular formula is C25H34N4O3. The summed E-state index contributed by atoms with van der Waals surface area (Å²) >= 11 is 0. The topological polar surface area (TPSA) is 80.8 Å². The zero-order valence-corrected chi connectivity index (χ0v) is 18.7. The van der Waals surface area contributed by atoms with Crippen LogP contribution < -0.4 is 16.0 Å². The summed E-state index contributed by atoms with van der Waals surface area (Å²) in [4.78, 5) is 29.8. The Morgan fingerprint density at radius 2 is 1.75 bits per heavy atom. The van der Waals surface area contributed by atoms with Crippen LogP contribution in [0.2, 0.25) is 0 Å². The molecule has 0 saturated carbocycles. The maximum atomic E-state index is 12.9. The van der Waals surface area contributed by atoms with Crippen LogP contribution in [-0.2, 0) is 17.9 Å². The molecular weight excluding hydrogens is 404 g/mol. The van der Waals surface area contributed by atoms with Crippen molar-refractivity contribution < 1.29 is 9.53 Å². The number of ether oxygens (including phenoxy) is 1. The van der Waals surface area contributed by atoms with Crippen molar-refractivity contribution in [3.63, 3.8) is 0 Å². The molecule has 1 unspecified atom stereocenters. The summed E-state index contributed by atoms with van der Waals surface area (Å²) in [5.41, 5.74) is 7.02. The molecule has 3 heterocycles. The van der Waals surface area contributed by atoms with Crippen LogP contribution in [-0.4, -0.2) is 58.5 Å². The van der Waals surface area contributed by atoms with Crippen molar-refractivity contribution in [1.82, 2.24) is 14.4 Å². The molecule has 1 aromatic heterocycles. The largest absolute Gasteiger partial charge is 0.489 e. The highest BCUT2D eigenvalue weighted by Crippen LogP contribution is 2.21. The van der Waals surface area contributed by atoms with E-state index in [1.54, 1.807) is 12.3 Å². The number of likely N-dealkylation sites (tertiary alicyclic amines) is 2. The fourth-order valence-corrected chi connectivity index (χ4v) is 4.73. The minimum Gasteiger partial charge on any atom is -0.489 e. The molecule has 1 aromatic carbocycles.